The molecule has 4 rings (SSSR count). The van der Waals surface area contributed by atoms with Crippen molar-refractivity contribution >= 4 is 46.4 Å². The summed E-state index contributed by atoms with van der Waals surface area (Å²) in [5.74, 6) is 0.632. The minimum atomic E-state index is -0.435. The van der Waals surface area contributed by atoms with Crippen molar-refractivity contribution in [3.63, 3.8) is 0 Å². The molecule has 1 amide bonds. The fourth-order valence-electron chi connectivity index (χ4n) is 2.98. The number of aryl methyl sites for hydroxylation is 1. The maximum atomic E-state index is 12.8. The van der Waals surface area contributed by atoms with Gasteiger partial charge in [0.1, 0.15) is 18.1 Å². The van der Waals surface area contributed by atoms with Crippen molar-refractivity contribution in [2.75, 3.05) is 5.32 Å². The minimum absolute atomic E-state index is 0.104. The van der Waals surface area contributed by atoms with Crippen molar-refractivity contribution in [1.29, 1.82) is 0 Å². The van der Waals surface area contributed by atoms with Crippen LogP contribution in [0.25, 0.3) is 0 Å². The Bertz CT molecular complexity index is 1270. The van der Waals surface area contributed by atoms with Gasteiger partial charge in [0.25, 0.3) is 5.91 Å². The summed E-state index contributed by atoms with van der Waals surface area (Å²) in [6.45, 7) is 2.24. The Balaban J connectivity index is 1.43. The summed E-state index contributed by atoms with van der Waals surface area (Å²) < 4.78 is 12.6. The fourth-order valence-corrected chi connectivity index (χ4v) is 3.63. The first-order valence-corrected chi connectivity index (χ1v) is 10.6. The molecule has 32 heavy (non-hydrogen) atoms. The van der Waals surface area contributed by atoms with Gasteiger partial charge in [-0.15, -0.1) is 0 Å². The van der Waals surface area contributed by atoms with Gasteiger partial charge in [0.15, 0.2) is 5.69 Å². The van der Waals surface area contributed by atoms with Gasteiger partial charge in [-0.05, 0) is 42.8 Å². The Hall–Kier alpha value is -3.00. The van der Waals surface area contributed by atoms with Gasteiger partial charge in [0, 0.05) is 21.3 Å². The predicted octanol–water partition coefficient (Wildman–Crippen LogP) is 6.02. The second-order valence-electron chi connectivity index (χ2n) is 6.93. The van der Waals surface area contributed by atoms with Gasteiger partial charge < -0.3 is 14.6 Å². The lowest BCUT2D eigenvalue weighted by Gasteiger charge is -2.07. The molecule has 4 aromatic rings. The maximum Gasteiger partial charge on any atom is 0.278 e. The molecule has 2 aromatic heterocycles. The molecular formula is C22H17Cl3N4O3. The van der Waals surface area contributed by atoms with Gasteiger partial charge in [-0.1, -0.05) is 52.1 Å². The molecule has 0 saturated carbocycles. The van der Waals surface area contributed by atoms with E-state index in [0.717, 1.165) is 5.56 Å². The van der Waals surface area contributed by atoms with Crippen LogP contribution in [0.5, 0.6) is 5.75 Å². The first-order chi connectivity index (χ1) is 15.4. The van der Waals surface area contributed by atoms with Crippen LogP contribution in [0.2, 0.25) is 15.1 Å². The van der Waals surface area contributed by atoms with Gasteiger partial charge in [-0.3, -0.25) is 9.48 Å². The third-order valence-electron chi connectivity index (χ3n) is 4.62. The smallest absolute Gasteiger partial charge is 0.278 e. The number of carbonyl (C=O) groups is 1. The fraction of sp³-hybridized carbons (Fsp3) is 0.136. The van der Waals surface area contributed by atoms with E-state index in [1.807, 2.05) is 6.07 Å². The van der Waals surface area contributed by atoms with Gasteiger partial charge in [0.05, 0.1) is 24.0 Å². The number of amides is 1. The van der Waals surface area contributed by atoms with E-state index in [1.54, 1.807) is 54.2 Å². The molecule has 164 valence electrons. The van der Waals surface area contributed by atoms with E-state index in [-0.39, 0.29) is 12.3 Å². The second-order valence-corrected chi connectivity index (χ2v) is 8.21. The van der Waals surface area contributed by atoms with Crippen LogP contribution in [0, 0.1) is 6.92 Å². The molecular weight excluding hydrogens is 475 g/mol. The highest BCUT2D eigenvalue weighted by Gasteiger charge is 2.21. The monoisotopic (exact) mass is 490 g/mol. The average Bonchev–Trinajstić information content (AvgIpc) is 3.34. The van der Waals surface area contributed by atoms with E-state index in [1.165, 1.54) is 6.20 Å². The number of halogens is 3. The molecule has 1 N–H and O–H groups in total. The molecule has 0 saturated heterocycles. The lowest BCUT2D eigenvalue weighted by Crippen LogP contribution is -2.15. The molecule has 0 aliphatic heterocycles. The number of nitrogens with one attached hydrogen (secondary N) is 1. The number of hydrogen-bond donors (Lipinski definition) is 1. The summed E-state index contributed by atoms with van der Waals surface area (Å²) in [5.41, 5.74) is 2.04. The predicted molar refractivity (Wildman–Crippen MR) is 123 cm³/mol. The molecule has 0 fully saturated rings. The van der Waals surface area contributed by atoms with E-state index in [0.29, 0.717) is 44.4 Å². The Morgan fingerprint density at radius 1 is 1.16 bits per heavy atom. The molecule has 0 bridgehead atoms. The van der Waals surface area contributed by atoms with Gasteiger partial charge in [-0.25, -0.2) is 0 Å². The largest absolute Gasteiger partial charge is 0.489 e. The first kappa shape index (κ1) is 22.2. The Labute approximate surface area is 198 Å². The summed E-state index contributed by atoms with van der Waals surface area (Å²) in [6, 6.07) is 12.2. The third kappa shape index (κ3) is 5.24. The van der Waals surface area contributed by atoms with Gasteiger partial charge in [-0.2, -0.15) is 5.10 Å². The Kier molecular flexibility index (Phi) is 6.69. The maximum absolute atomic E-state index is 12.8. The summed E-state index contributed by atoms with van der Waals surface area (Å²) in [5, 5.41) is 12.6. The normalized spacial score (nSPS) is 10.9. The highest BCUT2D eigenvalue weighted by molar-refractivity contribution is 6.35. The number of anilines is 1. The highest BCUT2D eigenvalue weighted by atomic mass is 35.5. The van der Waals surface area contributed by atoms with Crippen molar-refractivity contribution in [2.24, 2.45) is 0 Å². The quantitative estimate of drug-likeness (QED) is 0.342. The van der Waals surface area contributed by atoms with Crippen LogP contribution in [-0.2, 0) is 13.2 Å². The van der Waals surface area contributed by atoms with Crippen LogP contribution in [0.4, 0.5) is 5.69 Å². The van der Waals surface area contributed by atoms with Gasteiger partial charge in [0.2, 0.25) is 0 Å². The lowest BCUT2D eigenvalue weighted by atomic mass is 10.2. The average molecular weight is 492 g/mol. The standard InChI is InChI=1S/C22H17Cl3N4O3/c1-13-19(12-31-18-4-2-3-15(23)7-18)21(28-32-13)22(30)27-17-9-26-29(11-17)10-14-5-6-16(24)8-20(14)25/h2-9,11H,10,12H2,1H3,(H,27,30). The van der Waals surface area contributed by atoms with Crippen LogP contribution < -0.4 is 10.1 Å². The summed E-state index contributed by atoms with van der Waals surface area (Å²) in [7, 11) is 0. The lowest BCUT2D eigenvalue weighted by molar-refractivity contribution is 0.101. The van der Waals surface area contributed by atoms with Crippen molar-refractivity contribution in [2.45, 2.75) is 20.1 Å². The number of carbonyl (C=O) groups excluding carboxylic acids is 1. The summed E-state index contributed by atoms with van der Waals surface area (Å²) >= 11 is 18.1. The number of nitrogens with zero attached hydrogens (tertiary/aromatic N) is 3. The first-order valence-electron chi connectivity index (χ1n) is 9.50. The summed E-state index contributed by atoms with van der Waals surface area (Å²) in [6.07, 6.45) is 3.23. The molecule has 0 aliphatic rings. The van der Waals surface area contributed by atoms with E-state index in [4.69, 9.17) is 44.1 Å². The van der Waals surface area contributed by atoms with Crippen molar-refractivity contribution < 1.29 is 14.1 Å². The topological polar surface area (TPSA) is 82.2 Å². The zero-order valence-corrected chi connectivity index (χ0v) is 19.1. The van der Waals surface area contributed by atoms with Crippen LogP contribution in [0.15, 0.2) is 59.4 Å². The van der Waals surface area contributed by atoms with E-state index in [2.05, 4.69) is 15.6 Å². The summed E-state index contributed by atoms with van der Waals surface area (Å²) in [4.78, 5) is 12.8. The molecule has 0 spiro atoms. The second kappa shape index (κ2) is 9.65. The highest BCUT2D eigenvalue weighted by Crippen LogP contribution is 2.23. The van der Waals surface area contributed by atoms with Crippen molar-refractivity contribution in [3.05, 3.63) is 92.5 Å². The van der Waals surface area contributed by atoms with Crippen molar-refractivity contribution in [3.8, 4) is 5.75 Å². The van der Waals surface area contributed by atoms with E-state index < -0.39 is 5.91 Å². The van der Waals surface area contributed by atoms with Crippen LogP contribution in [0.1, 0.15) is 27.4 Å². The van der Waals surface area contributed by atoms with Crippen LogP contribution in [0.3, 0.4) is 0 Å². The zero-order valence-electron chi connectivity index (χ0n) is 16.8. The number of aromatic nitrogens is 3. The van der Waals surface area contributed by atoms with Crippen LogP contribution in [-0.4, -0.2) is 20.8 Å². The molecule has 10 heteroatoms. The zero-order chi connectivity index (χ0) is 22.7. The molecule has 2 aromatic carbocycles. The van der Waals surface area contributed by atoms with E-state index >= 15 is 0 Å². The molecule has 0 radical (unpaired) electrons. The van der Waals surface area contributed by atoms with Crippen molar-refractivity contribution in [1.82, 2.24) is 14.9 Å². The molecule has 0 atom stereocenters. The third-order valence-corrected chi connectivity index (χ3v) is 5.44. The molecule has 2 heterocycles. The minimum Gasteiger partial charge on any atom is -0.489 e. The molecule has 7 nitrogen and oxygen atoms in total. The number of benzene rings is 2. The van der Waals surface area contributed by atoms with Crippen LogP contribution >= 0.6 is 34.8 Å². The van der Waals surface area contributed by atoms with Gasteiger partial charge >= 0.3 is 0 Å². The number of ether oxygens (including phenoxy) is 1. The number of rotatable bonds is 7. The Morgan fingerprint density at radius 3 is 2.75 bits per heavy atom. The number of hydrogen-bond acceptors (Lipinski definition) is 5. The molecule has 0 aliphatic carbocycles. The molecule has 0 unspecified atom stereocenters. The SMILES string of the molecule is Cc1onc(C(=O)Nc2cnn(Cc3ccc(Cl)cc3Cl)c2)c1COc1cccc(Cl)c1. The Morgan fingerprint density at radius 2 is 1.97 bits per heavy atom. The van der Waals surface area contributed by atoms with E-state index in [9.17, 15) is 4.79 Å².